The van der Waals surface area contributed by atoms with Crippen LogP contribution in [-0.4, -0.2) is 35.3 Å². The molecule has 0 aromatic heterocycles. The van der Waals surface area contributed by atoms with Crippen molar-refractivity contribution in [3.8, 4) is 0 Å². The zero-order valence-electron chi connectivity index (χ0n) is 11.7. The molecule has 110 valence electrons. The van der Waals surface area contributed by atoms with Gasteiger partial charge in [-0.3, -0.25) is 0 Å². The number of carbonyl (C=O) groups is 1. The Bertz CT molecular complexity index is 427. The Morgan fingerprint density at radius 2 is 2.15 bits per heavy atom. The molecule has 0 aliphatic heterocycles. The van der Waals surface area contributed by atoms with E-state index in [1.807, 2.05) is 42.1 Å². The SMILES string of the molecule is CS[C@@H]1CCC[C@H]1NC(=O)N[C@@H](CO)c1ccccc1. The first-order valence-electron chi connectivity index (χ1n) is 7.00. The second-order valence-corrected chi connectivity index (χ2v) is 6.15. The van der Waals surface area contributed by atoms with E-state index in [1.54, 1.807) is 0 Å². The lowest BCUT2D eigenvalue weighted by molar-refractivity contribution is 0.214. The fraction of sp³-hybridized carbons (Fsp3) is 0.533. The van der Waals surface area contributed by atoms with Crippen molar-refractivity contribution in [2.75, 3.05) is 12.9 Å². The summed E-state index contributed by atoms with van der Waals surface area (Å²) in [6.45, 7) is -0.103. The predicted molar refractivity (Wildman–Crippen MR) is 82.9 cm³/mol. The Morgan fingerprint density at radius 1 is 1.40 bits per heavy atom. The van der Waals surface area contributed by atoms with E-state index in [4.69, 9.17) is 0 Å². The largest absolute Gasteiger partial charge is 0.394 e. The number of thioether (sulfide) groups is 1. The van der Waals surface area contributed by atoms with Crippen LogP contribution in [0.2, 0.25) is 0 Å². The highest BCUT2D eigenvalue weighted by Gasteiger charge is 2.28. The fourth-order valence-corrected chi connectivity index (χ4v) is 3.60. The van der Waals surface area contributed by atoms with E-state index in [0.717, 1.165) is 18.4 Å². The molecule has 4 nitrogen and oxygen atoms in total. The summed E-state index contributed by atoms with van der Waals surface area (Å²) in [5.74, 6) is 0. The number of hydrogen-bond donors (Lipinski definition) is 3. The quantitative estimate of drug-likeness (QED) is 0.781. The van der Waals surface area contributed by atoms with Crippen LogP contribution in [0.4, 0.5) is 4.79 Å². The van der Waals surface area contributed by atoms with Crippen molar-refractivity contribution >= 4 is 17.8 Å². The molecular formula is C15H22N2O2S. The smallest absolute Gasteiger partial charge is 0.315 e. The van der Waals surface area contributed by atoms with Crippen molar-refractivity contribution in [1.29, 1.82) is 0 Å². The van der Waals surface area contributed by atoms with E-state index in [2.05, 4.69) is 16.9 Å². The molecule has 1 fully saturated rings. The van der Waals surface area contributed by atoms with Crippen LogP contribution in [-0.2, 0) is 0 Å². The number of amides is 2. The van der Waals surface area contributed by atoms with Crippen molar-refractivity contribution in [2.24, 2.45) is 0 Å². The zero-order chi connectivity index (χ0) is 14.4. The minimum atomic E-state index is -0.356. The van der Waals surface area contributed by atoms with Gasteiger partial charge in [0.25, 0.3) is 0 Å². The molecule has 2 amide bonds. The van der Waals surface area contributed by atoms with Gasteiger partial charge in [-0.05, 0) is 24.7 Å². The second-order valence-electron chi connectivity index (χ2n) is 5.08. The van der Waals surface area contributed by atoms with Gasteiger partial charge in [-0.25, -0.2) is 4.79 Å². The zero-order valence-corrected chi connectivity index (χ0v) is 12.5. The topological polar surface area (TPSA) is 61.4 Å². The number of aliphatic hydroxyl groups excluding tert-OH is 1. The first-order chi connectivity index (χ1) is 9.74. The first-order valence-corrected chi connectivity index (χ1v) is 8.29. The Kier molecular flexibility index (Phi) is 5.73. The molecule has 0 bridgehead atoms. The second kappa shape index (κ2) is 7.55. The molecule has 0 saturated heterocycles. The van der Waals surface area contributed by atoms with Crippen LogP contribution in [0.1, 0.15) is 30.9 Å². The van der Waals surface area contributed by atoms with Crippen LogP contribution in [0.3, 0.4) is 0 Å². The summed E-state index contributed by atoms with van der Waals surface area (Å²) in [4.78, 5) is 12.1. The minimum absolute atomic E-state index is 0.103. The molecule has 5 heteroatoms. The maximum absolute atomic E-state index is 12.1. The van der Waals surface area contributed by atoms with Crippen LogP contribution in [0.5, 0.6) is 0 Å². The number of aliphatic hydroxyl groups is 1. The molecule has 1 aromatic carbocycles. The van der Waals surface area contributed by atoms with E-state index in [0.29, 0.717) is 5.25 Å². The lowest BCUT2D eigenvalue weighted by Crippen LogP contribution is -2.46. The number of hydrogen-bond acceptors (Lipinski definition) is 3. The molecule has 2 rings (SSSR count). The van der Waals surface area contributed by atoms with E-state index in [-0.39, 0.29) is 24.7 Å². The van der Waals surface area contributed by atoms with Gasteiger partial charge in [-0.1, -0.05) is 36.8 Å². The lowest BCUT2D eigenvalue weighted by atomic mass is 10.1. The third-order valence-electron chi connectivity index (χ3n) is 3.76. The van der Waals surface area contributed by atoms with Crippen LogP contribution in [0, 0.1) is 0 Å². The summed E-state index contributed by atoms with van der Waals surface area (Å²) < 4.78 is 0. The molecule has 1 aliphatic rings. The van der Waals surface area contributed by atoms with Gasteiger partial charge in [0.05, 0.1) is 12.6 Å². The molecule has 0 radical (unpaired) electrons. The van der Waals surface area contributed by atoms with Gasteiger partial charge in [0.2, 0.25) is 0 Å². The third kappa shape index (κ3) is 3.90. The van der Waals surface area contributed by atoms with E-state index >= 15 is 0 Å². The van der Waals surface area contributed by atoms with Gasteiger partial charge >= 0.3 is 6.03 Å². The summed E-state index contributed by atoms with van der Waals surface area (Å²) in [7, 11) is 0. The average Bonchev–Trinajstić information content (AvgIpc) is 2.92. The predicted octanol–water partition coefficient (Wildman–Crippen LogP) is 2.30. The van der Waals surface area contributed by atoms with E-state index < -0.39 is 0 Å². The number of benzene rings is 1. The molecule has 20 heavy (non-hydrogen) atoms. The molecule has 3 N–H and O–H groups in total. The number of rotatable bonds is 5. The fourth-order valence-electron chi connectivity index (χ4n) is 2.66. The Morgan fingerprint density at radius 3 is 2.80 bits per heavy atom. The summed E-state index contributed by atoms with van der Waals surface area (Å²) >= 11 is 1.81. The number of nitrogens with one attached hydrogen (secondary N) is 2. The normalized spacial score (nSPS) is 23.3. The summed E-state index contributed by atoms with van der Waals surface area (Å²) in [5, 5.41) is 15.8. The number of urea groups is 1. The standard InChI is InChI=1S/C15H22N2O2S/c1-20-14-9-5-8-12(14)16-15(19)17-13(10-18)11-6-3-2-4-7-11/h2-4,6-7,12-14,18H,5,8-10H2,1H3,(H2,16,17,19)/t12-,13+,14-/m1/s1. The molecule has 0 unspecified atom stereocenters. The highest BCUT2D eigenvalue weighted by atomic mass is 32.2. The van der Waals surface area contributed by atoms with Crippen LogP contribution >= 0.6 is 11.8 Å². The molecule has 0 spiro atoms. The molecule has 1 aliphatic carbocycles. The molecular weight excluding hydrogens is 272 g/mol. The van der Waals surface area contributed by atoms with Crippen LogP contribution in [0.15, 0.2) is 30.3 Å². The summed E-state index contributed by atoms with van der Waals surface area (Å²) in [5.41, 5.74) is 0.915. The number of carbonyl (C=O) groups excluding carboxylic acids is 1. The van der Waals surface area contributed by atoms with Gasteiger partial charge in [0.15, 0.2) is 0 Å². The van der Waals surface area contributed by atoms with E-state index in [1.165, 1.54) is 6.42 Å². The van der Waals surface area contributed by atoms with Gasteiger partial charge < -0.3 is 15.7 Å². The Labute approximate surface area is 124 Å². The van der Waals surface area contributed by atoms with Crippen molar-refractivity contribution in [2.45, 2.75) is 36.6 Å². The summed E-state index contributed by atoms with van der Waals surface area (Å²) in [6.07, 6.45) is 5.45. The van der Waals surface area contributed by atoms with Crippen molar-refractivity contribution in [3.63, 3.8) is 0 Å². The van der Waals surface area contributed by atoms with Gasteiger partial charge in [-0.15, -0.1) is 0 Å². The van der Waals surface area contributed by atoms with Crippen LogP contribution < -0.4 is 10.6 Å². The molecule has 1 saturated carbocycles. The maximum atomic E-state index is 12.1. The van der Waals surface area contributed by atoms with Crippen molar-refractivity contribution in [1.82, 2.24) is 10.6 Å². The highest BCUT2D eigenvalue weighted by Crippen LogP contribution is 2.28. The van der Waals surface area contributed by atoms with Crippen molar-refractivity contribution in [3.05, 3.63) is 35.9 Å². The van der Waals surface area contributed by atoms with Gasteiger partial charge in [-0.2, -0.15) is 11.8 Å². The Balaban J connectivity index is 1.90. The summed E-state index contributed by atoms with van der Waals surface area (Å²) in [6, 6.07) is 9.21. The Hall–Kier alpha value is -1.20. The first kappa shape index (κ1) is 15.2. The molecule has 3 atom stereocenters. The van der Waals surface area contributed by atoms with Crippen LogP contribution in [0.25, 0.3) is 0 Å². The maximum Gasteiger partial charge on any atom is 0.315 e. The molecule has 1 aromatic rings. The monoisotopic (exact) mass is 294 g/mol. The van der Waals surface area contributed by atoms with Crippen molar-refractivity contribution < 1.29 is 9.90 Å². The third-order valence-corrected chi connectivity index (χ3v) is 4.93. The molecule has 0 heterocycles. The lowest BCUT2D eigenvalue weighted by Gasteiger charge is -2.22. The average molecular weight is 294 g/mol. The van der Waals surface area contributed by atoms with Gasteiger partial charge in [0.1, 0.15) is 0 Å². The highest BCUT2D eigenvalue weighted by molar-refractivity contribution is 7.99. The minimum Gasteiger partial charge on any atom is -0.394 e. The van der Waals surface area contributed by atoms with E-state index in [9.17, 15) is 9.90 Å². The van der Waals surface area contributed by atoms with Gasteiger partial charge in [0, 0.05) is 11.3 Å².